The summed E-state index contributed by atoms with van der Waals surface area (Å²) in [5.74, 6) is 0. The molecule has 2 aromatic heterocycles. The normalized spacial score (nSPS) is 13.9. The Hall–Kier alpha value is -5.99. The molecule has 2 heterocycles. The maximum absolute atomic E-state index is 13.9. The molecule has 0 amide bonds. The first-order valence-electron chi connectivity index (χ1n) is 16.7. The lowest BCUT2D eigenvalue weighted by atomic mass is 9.70. The van der Waals surface area contributed by atoms with E-state index in [1.165, 1.54) is 50.1 Å². The van der Waals surface area contributed by atoms with Crippen LogP contribution >= 0.6 is 0 Å². The molecule has 2 heteroatoms. The second kappa shape index (κ2) is 9.76. The highest BCUT2D eigenvalue weighted by atomic mass is 16.1. The number of hydrogen-bond acceptors (Lipinski definition) is 1. The topological polar surface area (TPSA) is 21.5 Å². The summed E-state index contributed by atoms with van der Waals surface area (Å²) in [7, 11) is 0. The molecular formula is C46H31NO. The largest absolute Gasteiger partial charge is 0.279 e. The van der Waals surface area contributed by atoms with Gasteiger partial charge in [0.25, 0.3) is 5.56 Å². The Balaban J connectivity index is 1.30. The van der Waals surface area contributed by atoms with Gasteiger partial charge in [-0.3, -0.25) is 9.20 Å². The second-order valence-corrected chi connectivity index (χ2v) is 13.2. The number of allylic oxidation sites excluding steroid dienone is 2. The standard InChI is InChI=1S/C46H31NO/c1-3-4-5-14-31-28(2)47-44-38(31)25-30(26-39(44)32-15-6-7-19-37(32)45(47)48)29-23-24-36-35-18-10-13-22-42(35)46(43(36)27-29)40-20-11-8-16-33(40)34-17-9-12-21-41(34)46/h3,5-27H,1,4H2,2H3/b14-5-. The lowest BCUT2D eigenvalue weighted by Crippen LogP contribution is -2.25. The summed E-state index contributed by atoms with van der Waals surface area (Å²) in [4.78, 5) is 13.9. The molecule has 0 aliphatic heterocycles. The zero-order chi connectivity index (χ0) is 32.1. The van der Waals surface area contributed by atoms with Gasteiger partial charge in [0, 0.05) is 27.4 Å². The van der Waals surface area contributed by atoms with Crippen LogP contribution in [-0.4, -0.2) is 4.40 Å². The van der Waals surface area contributed by atoms with Gasteiger partial charge >= 0.3 is 0 Å². The van der Waals surface area contributed by atoms with Crippen molar-refractivity contribution in [3.05, 3.63) is 190 Å². The molecule has 0 atom stereocenters. The van der Waals surface area contributed by atoms with Crippen LogP contribution < -0.4 is 5.56 Å². The lowest BCUT2D eigenvalue weighted by Gasteiger charge is -2.30. The van der Waals surface area contributed by atoms with E-state index in [-0.39, 0.29) is 5.56 Å². The van der Waals surface area contributed by atoms with E-state index in [9.17, 15) is 4.79 Å². The highest BCUT2D eigenvalue weighted by Gasteiger charge is 2.51. The van der Waals surface area contributed by atoms with Crippen molar-refractivity contribution < 1.29 is 0 Å². The summed E-state index contributed by atoms with van der Waals surface area (Å²) in [6, 6.07) is 46.5. The van der Waals surface area contributed by atoms with Gasteiger partial charge in [-0.05, 0) is 98.6 Å². The van der Waals surface area contributed by atoms with Gasteiger partial charge in [0.05, 0.1) is 10.9 Å². The van der Waals surface area contributed by atoms with E-state index >= 15 is 0 Å². The Morgan fingerprint density at radius 1 is 0.604 bits per heavy atom. The zero-order valence-electron chi connectivity index (χ0n) is 26.6. The Morgan fingerprint density at radius 2 is 1.17 bits per heavy atom. The lowest BCUT2D eigenvalue weighted by molar-refractivity contribution is 0.794. The summed E-state index contributed by atoms with van der Waals surface area (Å²) < 4.78 is 1.92. The minimum absolute atomic E-state index is 0.0347. The van der Waals surface area contributed by atoms with Gasteiger partial charge in [0.2, 0.25) is 0 Å². The fourth-order valence-corrected chi connectivity index (χ4v) is 8.98. The maximum atomic E-state index is 13.9. The average molecular weight is 614 g/mol. The minimum Gasteiger partial charge on any atom is -0.279 e. The van der Waals surface area contributed by atoms with E-state index < -0.39 is 5.41 Å². The van der Waals surface area contributed by atoms with Crippen LogP contribution in [0.5, 0.6) is 0 Å². The number of nitrogens with zero attached hydrogens (tertiary/aromatic N) is 1. The third-order valence-electron chi connectivity index (χ3n) is 10.9. The van der Waals surface area contributed by atoms with E-state index in [1.54, 1.807) is 0 Å². The van der Waals surface area contributed by atoms with Gasteiger partial charge in [0.1, 0.15) is 0 Å². The van der Waals surface area contributed by atoms with Gasteiger partial charge in [-0.15, -0.1) is 6.58 Å². The molecule has 6 aromatic carbocycles. The monoisotopic (exact) mass is 613 g/mol. The van der Waals surface area contributed by atoms with Crippen molar-refractivity contribution in [1.29, 1.82) is 0 Å². The highest BCUT2D eigenvalue weighted by molar-refractivity contribution is 6.15. The molecule has 48 heavy (non-hydrogen) atoms. The summed E-state index contributed by atoms with van der Waals surface area (Å²) in [5, 5.41) is 3.92. The van der Waals surface area contributed by atoms with Crippen LogP contribution in [0.15, 0.2) is 151 Å². The summed E-state index contributed by atoms with van der Waals surface area (Å²) in [5.41, 5.74) is 15.5. The first kappa shape index (κ1) is 27.2. The number of aryl methyl sites for hydroxylation is 1. The van der Waals surface area contributed by atoms with Crippen molar-refractivity contribution in [2.75, 3.05) is 0 Å². The molecule has 0 saturated heterocycles. The average Bonchev–Trinajstić information content (AvgIpc) is 3.71. The number of pyridine rings is 1. The molecule has 2 aliphatic carbocycles. The molecule has 0 unspecified atom stereocenters. The van der Waals surface area contributed by atoms with E-state index in [0.29, 0.717) is 0 Å². The predicted molar refractivity (Wildman–Crippen MR) is 200 cm³/mol. The minimum atomic E-state index is -0.398. The Labute approximate surface area is 278 Å². The van der Waals surface area contributed by atoms with Crippen molar-refractivity contribution in [3.8, 4) is 33.4 Å². The Kier molecular flexibility index (Phi) is 5.52. The van der Waals surface area contributed by atoms with Gasteiger partial charge in [-0.1, -0.05) is 121 Å². The quantitative estimate of drug-likeness (QED) is 0.143. The number of benzene rings is 6. The van der Waals surface area contributed by atoms with Crippen molar-refractivity contribution in [1.82, 2.24) is 4.40 Å². The fraction of sp³-hybridized carbons (Fsp3) is 0.0652. The van der Waals surface area contributed by atoms with E-state index in [2.05, 4.69) is 135 Å². The molecule has 10 rings (SSSR count). The Morgan fingerprint density at radius 3 is 1.81 bits per heavy atom. The molecular weight excluding hydrogens is 583 g/mol. The van der Waals surface area contributed by atoms with Gasteiger partial charge in [0.15, 0.2) is 0 Å². The zero-order valence-corrected chi connectivity index (χ0v) is 26.6. The predicted octanol–water partition coefficient (Wildman–Crippen LogP) is 11.0. The third kappa shape index (κ3) is 3.29. The van der Waals surface area contributed by atoms with Crippen LogP contribution in [0.4, 0.5) is 0 Å². The smallest absolute Gasteiger partial charge is 0.263 e. The summed E-state index contributed by atoms with van der Waals surface area (Å²) >= 11 is 0. The summed E-state index contributed by atoms with van der Waals surface area (Å²) in [6.45, 7) is 5.97. The molecule has 1 spiro atoms. The first-order chi connectivity index (χ1) is 23.6. The molecule has 8 aromatic rings. The fourth-order valence-electron chi connectivity index (χ4n) is 8.98. The molecule has 0 bridgehead atoms. The van der Waals surface area contributed by atoms with Crippen LogP contribution in [0.25, 0.3) is 66.5 Å². The molecule has 0 N–H and O–H groups in total. The number of rotatable bonds is 4. The molecule has 2 nitrogen and oxygen atoms in total. The van der Waals surface area contributed by atoms with E-state index in [1.807, 2.05) is 28.7 Å². The van der Waals surface area contributed by atoms with Crippen LogP contribution in [0, 0.1) is 6.92 Å². The first-order valence-corrected chi connectivity index (χ1v) is 16.7. The van der Waals surface area contributed by atoms with Crippen molar-refractivity contribution in [2.24, 2.45) is 0 Å². The van der Waals surface area contributed by atoms with Crippen LogP contribution in [0.3, 0.4) is 0 Å². The van der Waals surface area contributed by atoms with Gasteiger partial charge < -0.3 is 0 Å². The van der Waals surface area contributed by atoms with Crippen LogP contribution in [-0.2, 0) is 5.41 Å². The van der Waals surface area contributed by atoms with Gasteiger partial charge in [-0.25, -0.2) is 0 Å². The molecule has 226 valence electrons. The maximum Gasteiger partial charge on any atom is 0.263 e. The SMILES string of the molecule is C=CC/C=C\c1c(C)n2c(=O)c3ccccc3c3cc(-c4ccc5c(c4)C4(c6ccccc6-c6ccccc64)c4ccccc4-5)cc1c32. The van der Waals surface area contributed by atoms with E-state index in [4.69, 9.17) is 0 Å². The van der Waals surface area contributed by atoms with Crippen molar-refractivity contribution in [2.45, 2.75) is 18.8 Å². The highest BCUT2D eigenvalue weighted by Crippen LogP contribution is 2.63. The van der Waals surface area contributed by atoms with E-state index in [0.717, 1.165) is 50.3 Å². The van der Waals surface area contributed by atoms with Crippen LogP contribution in [0.1, 0.15) is 39.9 Å². The second-order valence-electron chi connectivity index (χ2n) is 13.2. The number of fused-ring (bicyclic) bond motifs is 12. The third-order valence-corrected chi connectivity index (χ3v) is 10.9. The summed E-state index contributed by atoms with van der Waals surface area (Å²) in [6.07, 6.45) is 6.96. The van der Waals surface area contributed by atoms with Crippen LogP contribution in [0.2, 0.25) is 0 Å². The van der Waals surface area contributed by atoms with Crippen molar-refractivity contribution >= 4 is 33.1 Å². The molecule has 0 radical (unpaired) electrons. The number of aromatic nitrogens is 1. The molecule has 0 fully saturated rings. The molecule has 2 aliphatic rings. The van der Waals surface area contributed by atoms with Gasteiger partial charge in [-0.2, -0.15) is 0 Å². The Bertz CT molecular complexity index is 2690. The van der Waals surface area contributed by atoms with Crippen molar-refractivity contribution in [3.63, 3.8) is 0 Å². The molecule has 0 saturated carbocycles. The number of hydrogen-bond donors (Lipinski definition) is 0.